The van der Waals surface area contributed by atoms with Crippen molar-refractivity contribution in [1.29, 1.82) is 0 Å². The molecule has 0 radical (unpaired) electrons. The van der Waals surface area contributed by atoms with Crippen LogP contribution in [0.2, 0.25) is 0 Å². The third kappa shape index (κ3) is 2.12. The largest absolute Gasteiger partial charge is 0.410 e. The summed E-state index contributed by atoms with van der Waals surface area (Å²) in [4.78, 5) is 5.45. The highest BCUT2D eigenvalue weighted by atomic mass is 16.7. The minimum absolute atomic E-state index is 0.607. The Balaban J connectivity index is 1.94. The normalized spacial score (nSPS) is 9.85. The molecular formula is C11H11NO. The number of hydrogen-bond acceptors (Lipinski definition) is 1. The van der Waals surface area contributed by atoms with Crippen molar-refractivity contribution in [2.24, 2.45) is 0 Å². The Kier molecular flexibility index (Phi) is 2.32. The average molecular weight is 173 g/mol. The molecule has 0 saturated heterocycles. The van der Waals surface area contributed by atoms with Gasteiger partial charge in [-0.15, -0.1) is 0 Å². The van der Waals surface area contributed by atoms with E-state index in [0.29, 0.717) is 6.61 Å². The first kappa shape index (κ1) is 7.92. The van der Waals surface area contributed by atoms with E-state index >= 15 is 0 Å². The highest BCUT2D eigenvalue weighted by Gasteiger charge is 1.91. The van der Waals surface area contributed by atoms with Gasteiger partial charge < -0.3 is 4.84 Å². The van der Waals surface area contributed by atoms with Gasteiger partial charge in [-0.1, -0.05) is 30.3 Å². The van der Waals surface area contributed by atoms with E-state index in [9.17, 15) is 0 Å². The van der Waals surface area contributed by atoms with Gasteiger partial charge in [-0.3, -0.25) is 0 Å². The maximum Gasteiger partial charge on any atom is 0.140 e. The minimum atomic E-state index is 0.607. The molecule has 2 nitrogen and oxygen atoms in total. The molecule has 13 heavy (non-hydrogen) atoms. The first-order valence-corrected chi connectivity index (χ1v) is 4.25. The van der Waals surface area contributed by atoms with E-state index in [1.807, 2.05) is 54.9 Å². The standard InChI is InChI=1S/C11H11NO/c1-2-6-11(7-3-1)10-13-12-8-4-5-9-12/h1-9H,10H2. The summed E-state index contributed by atoms with van der Waals surface area (Å²) in [6.07, 6.45) is 3.76. The van der Waals surface area contributed by atoms with Gasteiger partial charge in [0.2, 0.25) is 0 Å². The van der Waals surface area contributed by atoms with E-state index in [4.69, 9.17) is 4.84 Å². The van der Waals surface area contributed by atoms with Crippen LogP contribution in [-0.4, -0.2) is 4.73 Å². The monoisotopic (exact) mass is 173 g/mol. The molecule has 1 aromatic heterocycles. The first-order valence-electron chi connectivity index (χ1n) is 4.25. The summed E-state index contributed by atoms with van der Waals surface area (Å²) in [6, 6.07) is 14.0. The average Bonchev–Trinajstić information content (AvgIpc) is 2.69. The van der Waals surface area contributed by atoms with E-state index in [1.165, 1.54) is 5.56 Å². The van der Waals surface area contributed by atoms with Crippen LogP contribution in [0.25, 0.3) is 0 Å². The van der Waals surface area contributed by atoms with Crippen molar-refractivity contribution in [2.45, 2.75) is 6.61 Å². The Morgan fingerprint density at radius 3 is 2.31 bits per heavy atom. The highest BCUT2D eigenvalue weighted by Crippen LogP contribution is 1.98. The molecule has 0 bridgehead atoms. The van der Waals surface area contributed by atoms with E-state index < -0.39 is 0 Å². The smallest absolute Gasteiger partial charge is 0.140 e. The van der Waals surface area contributed by atoms with E-state index in [0.717, 1.165) is 0 Å². The van der Waals surface area contributed by atoms with Crippen molar-refractivity contribution >= 4 is 0 Å². The Morgan fingerprint density at radius 1 is 0.923 bits per heavy atom. The summed E-state index contributed by atoms with van der Waals surface area (Å²) in [6.45, 7) is 0.607. The molecule has 1 aromatic carbocycles. The summed E-state index contributed by atoms with van der Waals surface area (Å²) < 4.78 is 1.70. The van der Waals surface area contributed by atoms with Crippen LogP contribution >= 0.6 is 0 Å². The minimum Gasteiger partial charge on any atom is -0.410 e. The van der Waals surface area contributed by atoms with Crippen LogP contribution in [0, 0.1) is 0 Å². The molecule has 0 atom stereocenters. The topological polar surface area (TPSA) is 14.2 Å². The quantitative estimate of drug-likeness (QED) is 0.693. The van der Waals surface area contributed by atoms with Crippen LogP contribution in [0.1, 0.15) is 5.56 Å². The predicted molar refractivity (Wildman–Crippen MR) is 51.2 cm³/mol. The van der Waals surface area contributed by atoms with Crippen molar-refractivity contribution in [1.82, 2.24) is 4.73 Å². The van der Waals surface area contributed by atoms with Gasteiger partial charge in [-0.25, -0.2) is 0 Å². The summed E-state index contributed by atoms with van der Waals surface area (Å²) in [5.41, 5.74) is 1.18. The molecule has 0 unspecified atom stereocenters. The number of nitrogens with zero attached hydrogens (tertiary/aromatic N) is 1. The second kappa shape index (κ2) is 3.81. The molecule has 0 aliphatic carbocycles. The van der Waals surface area contributed by atoms with Crippen LogP contribution < -0.4 is 4.84 Å². The fourth-order valence-corrected chi connectivity index (χ4v) is 1.13. The summed E-state index contributed by atoms with van der Waals surface area (Å²) in [7, 11) is 0. The Hall–Kier alpha value is -1.70. The van der Waals surface area contributed by atoms with Crippen molar-refractivity contribution < 1.29 is 4.84 Å². The highest BCUT2D eigenvalue weighted by molar-refractivity contribution is 5.13. The van der Waals surface area contributed by atoms with Crippen molar-refractivity contribution in [3.8, 4) is 0 Å². The Labute approximate surface area is 77.3 Å². The number of rotatable bonds is 3. The van der Waals surface area contributed by atoms with Crippen molar-refractivity contribution in [3.63, 3.8) is 0 Å². The van der Waals surface area contributed by atoms with Crippen molar-refractivity contribution in [2.75, 3.05) is 0 Å². The van der Waals surface area contributed by atoms with Crippen LogP contribution in [-0.2, 0) is 6.61 Å². The fourth-order valence-electron chi connectivity index (χ4n) is 1.13. The molecule has 0 saturated carbocycles. The van der Waals surface area contributed by atoms with Gasteiger partial charge in [-0.2, -0.15) is 4.73 Å². The van der Waals surface area contributed by atoms with Gasteiger partial charge in [0.15, 0.2) is 0 Å². The fraction of sp³-hybridized carbons (Fsp3) is 0.0909. The molecule has 0 N–H and O–H groups in total. The van der Waals surface area contributed by atoms with Gasteiger partial charge in [0, 0.05) is 12.4 Å². The molecule has 0 fully saturated rings. The zero-order chi connectivity index (χ0) is 8.93. The van der Waals surface area contributed by atoms with Gasteiger partial charge in [0.05, 0.1) is 0 Å². The van der Waals surface area contributed by atoms with Gasteiger partial charge in [-0.05, 0) is 17.7 Å². The molecular weight excluding hydrogens is 162 g/mol. The summed E-state index contributed by atoms with van der Waals surface area (Å²) in [5.74, 6) is 0. The van der Waals surface area contributed by atoms with E-state index in [1.54, 1.807) is 4.73 Å². The molecule has 66 valence electrons. The van der Waals surface area contributed by atoms with Crippen LogP contribution in [0.5, 0.6) is 0 Å². The van der Waals surface area contributed by atoms with Crippen LogP contribution in [0.15, 0.2) is 54.9 Å². The lowest BCUT2D eigenvalue weighted by atomic mass is 10.2. The molecule has 0 aliphatic heterocycles. The number of aromatic nitrogens is 1. The van der Waals surface area contributed by atoms with Crippen molar-refractivity contribution in [3.05, 3.63) is 60.4 Å². The third-order valence-electron chi connectivity index (χ3n) is 1.80. The first-order chi connectivity index (χ1) is 6.45. The van der Waals surface area contributed by atoms with Gasteiger partial charge in [0.25, 0.3) is 0 Å². The lowest BCUT2D eigenvalue weighted by Gasteiger charge is -2.05. The number of hydrogen-bond donors (Lipinski definition) is 0. The molecule has 0 spiro atoms. The second-order valence-electron chi connectivity index (χ2n) is 2.80. The molecule has 0 aliphatic rings. The molecule has 2 heteroatoms. The lowest BCUT2D eigenvalue weighted by molar-refractivity contribution is 0.0981. The molecule has 2 rings (SSSR count). The van der Waals surface area contributed by atoms with E-state index in [2.05, 4.69) is 0 Å². The van der Waals surface area contributed by atoms with Crippen LogP contribution in [0.3, 0.4) is 0 Å². The number of benzene rings is 1. The SMILES string of the molecule is c1ccc(COn2cccc2)cc1. The molecule has 0 amide bonds. The maximum atomic E-state index is 5.45. The summed E-state index contributed by atoms with van der Waals surface area (Å²) >= 11 is 0. The maximum absolute atomic E-state index is 5.45. The molecule has 2 aromatic rings. The Morgan fingerprint density at radius 2 is 1.62 bits per heavy atom. The lowest BCUT2D eigenvalue weighted by Crippen LogP contribution is -2.08. The zero-order valence-corrected chi connectivity index (χ0v) is 7.26. The second-order valence-corrected chi connectivity index (χ2v) is 2.80. The molecule has 1 heterocycles. The van der Waals surface area contributed by atoms with Gasteiger partial charge in [0.1, 0.15) is 6.61 Å². The summed E-state index contributed by atoms with van der Waals surface area (Å²) in [5, 5.41) is 0. The van der Waals surface area contributed by atoms with E-state index in [-0.39, 0.29) is 0 Å². The predicted octanol–water partition coefficient (Wildman–Crippen LogP) is 2.12. The third-order valence-corrected chi connectivity index (χ3v) is 1.80. The Bertz CT molecular complexity index is 340. The van der Waals surface area contributed by atoms with Crippen LogP contribution in [0.4, 0.5) is 0 Å². The van der Waals surface area contributed by atoms with Gasteiger partial charge >= 0.3 is 0 Å². The zero-order valence-electron chi connectivity index (χ0n) is 7.26.